The molecule has 0 aliphatic heterocycles. The van der Waals surface area contributed by atoms with E-state index in [-0.39, 0.29) is 43.1 Å². The van der Waals surface area contributed by atoms with Crippen molar-refractivity contribution in [1.29, 1.82) is 5.41 Å². The largest absolute Gasteiger partial charge is 0.481 e. The molecule has 2 aromatic rings. The van der Waals surface area contributed by atoms with E-state index in [4.69, 9.17) is 25.7 Å². The molecule has 2 rings (SSSR count). The molecule has 10 heteroatoms. The standard InChI is InChI=1S/C25H27N3O7/c1-3-34-22(31)15-28(13-12-21(29)30)24(32)16(2)14-17-4-6-19(7-5-17)25(33)35-20-10-8-18(9-11-20)23(26)27/h4-11,14H,3,12-13,15H2,1-2H3,(H3,26,27)(H,29,30). The molecular formula is C25H27N3O7. The minimum absolute atomic E-state index is 0.0915. The van der Waals surface area contributed by atoms with Crippen LogP contribution in [0.4, 0.5) is 0 Å². The first-order valence-corrected chi connectivity index (χ1v) is 10.7. The van der Waals surface area contributed by atoms with Crippen LogP contribution in [0.25, 0.3) is 6.08 Å². The van der Waals surface area contributed by atoms with Crippen LogP contribution in [0.5, 0.6) is 5.75 Å². The summed E-state index contributed by atoms with van der Waals surface area (Å²) in [5.74, 6) is -2.60. The van der Waals surface area contributed by atoms with Gasteiger partial charge in [0.25, 0.3) is 0 Å². The van der Waals surface area contributed by atoms with E-state index in [2.05, 4.69) is 0 Å². The van der Waals surface area contributed by atoms with Crippen LogP contribution in [0.15, 0.2) is 54.1 Å². The molecule has 0 unspecified atom stereocenters. The predicted octanol–water partition coefficient (Wildman–Crippen LogP) is 2.46. The van der Waals surface area contributed by atoms with Gasteiger partial charge in [-0.2, -0.15) is 0 Å². The Morgan fingerprint density at radius 3 is 2.17 bits per heavy atom. The lowest BCUT2D eigenvalue weighted by atomic mass is 10.1. The zero-order chi connectivity index (χ0) is 26.0. The number of hydrogen-bond acceptors (Lipinski definition) is 7. The van der Waals surface area contributed by atoms with Gasteiger partial charge in [0.1, 0.15) is 18.1 Å². The van der Waals surface area contributed by atoms with E-state index in [9.17, 15) is 19.2 Å². The molecule has 10 nitrogen and oxygen atoms in total. The first-order valence-electron chi connectivity index (χ1n) is 10.7. The molecule has 0 aliphatic rings. The summed E-state index contributed by atoms with van der Waals surface area (Å²) in [5, 5.41) is 16.3. The number of esters is 2. The SMILES string of the molecule is CCOC(=O)CN(CCC(=O)O)C(=O)C(C)=Cc1ccc(C(=O)Oc2ccc(C(=N)N)cc2)cc1. The van der Waals surface area contributed by atoms with E-state index in [1.54, 1.807) is 44.2 Å². The Labute approximate surface area is 202 Å². The van der Waals surface area contributed by atoms with Gasteiger partial charge in [0, 0.05) is 17.7 Å². The Kier molecular flexibility index (Phi) is 9.71. The Hall–Kier alpha value is -4.47. The molecule has 0 aromatic heterocycles. The van der Waals surface area contributed by atoms with E-state index >= 15 is 0 Å². The highest BCUT2D eigenvalue weighted by Gasteiger charge is 2.20. The number of nitrogens with two attached hydrogens (primary N) is 1. The molecule has 0 saturated carbocycles. The topological polar surface area (TPSA) is 160 Å². The molecule has 35 heavy (non-hydrogen) atoms. The molecule has 2 aromatic carbocycles. The van der Waals surface area contributed by atoms with Crippen LogP contribution in [0.1, 0.15) is 41.8 Å². The number of hydrogen-bond donors (Lipinski definition) is 3. The lowest BCUT2D eigenvalue weighted by Crippen LogP contribution is -2.38. The van der Waals surface area contributed by atoms with Gasteiger partial charge in [0.15, 0.2) is 0 Å². The van der Waals surface area contributed by atoms with Gasteiger partial charge in [-0.05, 0) is 61.9 Å². The number of ether oxygens (including phenoxy) is 2. The normalized spacial score (nSPS) is 10.9. The summed E-state index contributed by atoms with van der Waals surface area (Å²) in [6, 6.07) is 12.5. The number of carbonyl (C=O) groups excluding carboxylic acids is 3. The number of amidine groups is 1. The maximum atomic E-state index is 12.8. The molecule has 4 N–H and O–H groups in total. The number of carboxylic acid groups (broad SMARTS) is 1. The van der Waals surface area contributed by atoms with E-state index in [0.29, 0.717) is 16.9 Å². The number of carbonyl (C=O) groups is 4. The molecule has 1 amide bonds. The third kappa shape index (κ3) is 8.43. The minimum Gasteiger partial charge on any atom is -0.481 e. The smallest absolute Gasteiger partial charge is 0.343 e. The van der Waals surface area contributed by atoms with Crippen molar-refractivity contribution in [3.05, 3.63) is 70.8 Å². The zero-order valence-electron chi connectivity index (χ0n) is 19.4. The summed E-state index contributed by atoms with van der Waals surface area (Å²) in [4.78, 5) is 49.1. The van der Waals surface area contributed by atoms with Crippen LogP contribution in [-0.2, 0) is 19.1 Å². The fourth-order valence-electron chi connectivity index (χ4n) is 2.99. The average Bonchev–Trinajstić information content (AvgIpc) is 2.82. The van der Waals surface area contributed by atoms with Gasteiger partial charge in [-0.25, -0.2) is 4.79 Å². The Bertz CT molecular complexity index is 1120. The molecule has 0 saturated heterocycles. The molecule has 0 bridgehead atoms. The summed E-state index contributed by atoms with van der Waals surface area (Å²) < 4.78 is 10.2. The molecule has 0 atom stereocenters. The number of aliphatic carboxylic acids is 1. The quantitative estimate of drug-likeness (QED) is 0.145. The van der Waals surface area contributed by atoms with Crippen molar-refractivity contribution < 1.29 is 33.8 Å². The van der Waals surface area contributed by atoms with Gasteiger partial charge in [-0.3, -0.25) is 19.8 Å². The maximum absolute atomic E-state index is 12.8. The number of nitrogens with one attached hydrogen (secondary N) is 1. The second kappa shape index (κ2) is 12.7. The third-order valence-corrected chi connectivity index (χ3v) is 4.75. The van der Waals surface area contributed by atoms with E-state index in [1.165, 1.54) is 24.3 Å². The Morgan fingerprint density at radius 1 is 1.03 bits per heavy atom. The van der Waals surface area contributed by atoms with Crippen molar-refractivity contribution in [1.82, 2.24) is 4.90 Å². The maximum Gasteiger partial charge on any atom is 0.343 e. The summed E-state index contributed by atoms with van der Waals surface area (Å²) in [6.07, 6.45) is 1.25. The molecule has 0 aliphatic carbocycles. The monoisotopic (exact) mass is 481 g/mol. The highest BCUT2D eigenvalue weighted by molar-refractivity contribution is 5.99. The number of nitrogens with zero attached hydrogens (tertiary/aromatic N) is 1. The second-order valence-electron chi connectivity index (χ2n) is 7.45. The summed E-state index contributed by atoms with van der Waals surface area (Å²) >= 11 is 0. The minimum atomic E-state index is -1.09. The van der Waals surface area contributed by atoms with Gasteiger partial charge >= 0.3 is 17.9 Å². The summed E-state index contributed by atoms with van der Waals surface area (Å²) in [6.45, 7) is 2.83. The van der Waals surface area contributed by atoms with Crippen molar-refractivity contribution in [2.24, 2.45) is 5.73 Å². The summed E-state index contributed by atoms with van der Waals surface area (Å²) in [5.41, 5.74) is 7.09. The number of carboxylic acids is 1. The van der Waals surface area contributed by atoms with Crippen molar-refractivity contribution in [2.45, 2.75) is 20.3 Å². The van der Waals surface area contributed by atoms with Crippen LogP contribution >= 0.6 is 0 Å². The van der Waals surface area contributed by atoms with Crippen LogP contribution in [0, 0.1) is 5.41 Å². The molecule has 0 spiro atoms. The summed E-state index contributed by atoms with van der Waals surface area (Å²) in [7, 11) is 0. The second-order valence-corrected chi connectivity index (χ2v) is 7.45. The van der Waals surface area contributed by atoms with E-state index < -0.39 is 23.8 Å². The van der Waals surface area contributed by atoms with Crippen molar-refractivity contribution in [2.75, 3.05) is 19.7 Å². The molecule has 0 radical (unpaired) electrons. The van der Waals surface area contributed by atoms with Gasteiger partial charge in [-0.15, -0.1) is 0 Å². The van der Waals surface area contributed by atoms with Crippen LogP contribution < -0.4 is 10.5 Å². The highest BCUT2D eigenvalue weighted by Crippen LogP contribution is 2.16. The highest BCUT2D eigenvalue weighted by atomic mass is 16.5. The Balaban J connectivity index is 2.09. The molecule has 0 fully saturated rings. The lowest BCUT2D eigenvalue weighted by Gasteiger charge is -2.21. The van der Waals surface area contributed by atoms with Crippen LogP contribution in [0.3, 0.4) is 0 Å². The van der Waals surface area contributed by atoms with Crippen LogP contribution in [-0.4, -0.2) is 59.4 Å². The van der Waals surface area contributed by atoms with Crippen molar-refractivity contribution >= 4 is 35.7 Å². The first-order chi connectivity index (χ1) is 16.6. The molecule has 0 heterocycles. The van der Waals surface area contributed by atoms with E-state index in [0.717, 1.165) is 4.90 Å². The number of rotatable bonds is 11. The van der Waals surface area contributed by atoms with Gasteiger partial charge in [-0.1, -0.05) is 12.1 Å². The first kappa shape index (κ1) is 26.8. The van der Waals surface area contributed by atoms with Gasteiger partial charge < -0.3 is 25.2 Å². The predicted molar refractivity (Wildman–Crippen MR) is 128 cm³/mol. The Morgan fingerprint density at radius 2 is 1.63 bits per heavy atom. The van der Waals surface area contributed by atoms with Gasteiger partial charge in [0.2, 0.25) is 5.91 Å². The zero-order valence-corrected chi connectivity index (χ0v) is 19.4. The van der Waals surface area contributed by atoms with Gasteiger partial charge in [0.05, 0.1) is 18.6 Å². The number of nitrogen functional groups attached to an aromatic ring is 1. The third-order valence-electron chi connectivity index (χ3n) is 4.75. The van der Waals surface area contributed by atoms with Crippen LogP contribution in [0.2, 0.25) is 0 Å². The van der Waals surface area contributed by atoms with Crippen molar-refractivity contribution in [3.8, 4) is 5.75 Å². The van der Waals surface area contributed by atoms with Crippen molar-refractivity contribution in [3.63, 3.8) is 0 Å². The fourth-order valence-corrected chi connectivity index (χ4v) is 2.99. The number of amides is 1. The number of benzene rings is 2. The molecular weight excluding hydrogens is 454 g/mol. The lowest BCUT2D eigenvalue weighted by molar-refractivity contribution is -0.149. The molecule has 184 valence electrons. The fraction of sp³-hybridized carbons (Fsp3) is 0.240. The average molecular weight is 482 g/mol. The van der Waals surface area contributed by atoms with E-state index in [1.807, 2.05) is 0 Å².